The predicted molar refractivity (Wildman–Crippen MR) is 80.6 cm³/mol. The van der Waals surface area contributed by atoms with Crippen molar-refractivity contribution in [3.05, 3.63) is 29.3 Å². The van der Waals surface area contributed by atoms with Gasteiger partial charge in [0.05, 0.1) is 11.5 Å². The van der Waals surface area contributed by atoms with Gasteiger partial charge in [-0.05, 0) is 31.0 Å². The van der Waals surface area contributed by atoms with Gasteiger partial charge >= 0.3 is 0 Å². The van der Waals surface area contributed by atoms with Crippen LogP contribution in [-0.2, 0) is 14.8 Å². The highest BCUT2D eigenvalue weighted by molar-refractivity contribution is 7.89. The number of hydrogen-bond acceptors (Lipinski definition) is 4. The number of carbonyl (C=O) groups excluding carboxylic acids is 1. The Labute approximate surface area is 125 Å². The molecule has 0 radical (unpaired) electrons. The standard InChI is InChI=1S/C14H22N2O4S/c1-3-4-8-20-9-7-16-14(17)13-10-12(21(15,18)19)6-5-11(13)2/h5-6,10H,3-4,7-9H2,1-2H3,(H,16,17)(H2,15,18,19). The van der Waals surface area contributed by atoms with Gasteiger partial charge in [-0.3, -0.25) is 4.79 Å². The van der Waals surface area contributed by atoms with Gasteiger partial charge in [0.15, 0.2) is 0 Å². The highest BCUT2D eigenvalue weighted by atomic mass is 32.2. The van der Waals surface area contributed by atoms with Crippen LogP contribution in [0.15, 0.2) is 23.1 Å². The van der Waals surface area contributed by atoms with Crippen molar-refractivity contribution in [2.24, 2.45) is 5.14 Å². The van der Waals surface area contributed by atoms with Crippen molar-refractivity contribution < 1.29 is 17.9 Å². The minimum Gasteiger partial charge on any atom is -0.380 e. The Morgan fingerprint density at radius 2 is 2.05 bits per heavy atom. The first kappa shape index (κ1) is 17.6. The zero-order valence-electron chi connectivity index (χ0n) is 12.4. The van der Waals surface area contributed by atoms with Crippen molar-refractivity contribution in [2.45, 2.75) is 31.6 Å². The smallest absolute Gasteiger partial charge is 0.251 e. The number of unbranched alkanes of at least 4 members (excludes halogenated alkanes) is 1. The fraction of sp³-hybridized carbons (Fsp3) is 0.500. The summed E-state index contributed by atoms with van der Waals surface area (Å²) < 4.78 is 27.9. The lowest BCUT2D eigenvalue weighted by atomic mass is 10.1. The average Bonchev–Trinajstić information content (AvgIpc) is 2.41. The molecule has 0 atom stereocenters. The molecule has 1 aromatic rings. The van der Waals surface area contributed by atoms with Crippen LogP contribution < -0.4 is 10.5 Å². The number of benzene rings is 1. The van der Waals surface area contributed by atoms with Gasteiger partial charge in [-0.15, -0.1) is 0 Å². The number of ether oxygens (including phenoxy) is 1. The number of hydrogen-bond donors (Lipinski definition) is 2. The van der Waals surface area contributed by atoms with Crippen LogP contribution in [0.25, 0.3) is 0 Å². The molecule has 6 nitrogen and oxygen atoms in total. The number of amides is 1. The summed E-state index contributed by atoms with van der Waals surface area (Å²) in [6, 6.07) is 4.24. The molecule has 0 bridgehead atoms. The Hall–Kier alpha value is -1.44. The van der Waals surface area contributed by atoms with Crippen molar-refractivity contribution in [1.29, 1.82) is 0 Å². The molecule has 1 rings (SSSR count). The first-order chi connectivity index (χ1) is 9.86. The summed E-state index contributed by atoms with van der Waals surface area (Å²) in [7, 11) is -3.82. The highest BCUT2D eigenvalue weighted by Crippen LogP contribution is 2.14. The molecule has 0 spiro atoms. The van der Waals surface area contributed by atoms with Crippen LogP contribution >= 0.6 is 0 Å². The first-order valence-corrected chi connectivity index (χ1v) is 8.40. The van der Waals surface area contributed by atoms with Gasteiger partial charge in [-0.2, -0.15) is 0 Å². The lowest BCUT2D eigenvalue weighted by molar-refractivity contribution is 0.0912. The molecule has 0 heterocycles. The van der Waals surface area contributed by atoms with Crippen LogP contribution in [0.4, 0.5) is 0 Å². The molecule has 7 heteroatoms. The van der Waals surface area contributed by atoms with Gasteiger partial charge in [-0.1, -0.05) is 19.4 Å². The molecular formula is C14H22N2O4S. The second kappa shape index (κ2) is 8.11. The summed E-state index contributed by atoms with van der Waals surface area (Å²) in [5, 5.41) is 7.76. The summed E-state index contributed by atoms with van der Waals surface area (Å²) in [6.07, 6.45) is 2.05. The minimum absolute atomic E-state index is 0.0718. The summed E-state index contributed by atoms with van der Waals surface area (Å²) in [5.41, 5.74) is 0.988. The molecule has 0 aliphatic rings. The first-order valence-electron chi connectivity index (χ1n) is 6.85. The van der Waals surface area contributed by atoms with Crippen molar-refractivity contribution in [3.8, 4) is 0 Å². The van der Waals surface area contributed by atoms with E-state index in [1.165, 1.54) is 12.1 Å². The number of primary sulfonamides is 1. The fourth-order valence-electron chi connectivity index (χ4n) is 1.70. The Morgan fingerprint density at radius 3 is 2.67 bits per heavy atom. The Balaban J connectivity index is 2.62. The molecular weight excluding hydrogens is 292 g/mol. The molecule has 0 saturated heterocycles. The third-order valence-corrected chi connectivity index (χ3v) is 3.87. The van der Waals surface area contributed by atoms with E-state index in [2.05, 4.69) is 12.2 Å². The topological polar surface area (TPSA) is 98.5 Å². The number of aryl methyl sites for hydroxylation is 1. The molecule has 0 saturated carbocycles. The number of carbonyl (C=O) groups is 1. The van der Waals surface area contributed by atoms with Gasteiger partial charge in [0.25, 0.3) is 5.91 Å². The molecule has 0 unspecified atom stereocenters. The molecule has 1 amide bonds. The van der Waals surface area contributed by atoms with Crippen molar-refractivity contribution >= 4 is 15.9 Å². The van der Waals surface area contributed by atoms with Gasteiger partial charge in [0, 0.05) is 18.7 Å². The maximum atomic E-state index is 12.0. The largest absolute Gasteiger partial charge is 0.380 e. The summed E-state index contributed by atoms with van der Waals surface area (Å²) in [4.78, 5) is 12.0. The van der Waals surface area contributed by atoms with Crippen LogP contribution in [0.3, 0.4) is 0 Å². The molecule has 118 valence electrons. The van der Waals surface area contributed by atoms with Crippen LogP contribution in [0.5, 0.6) is 0 Å². The second-order valence-electron chi connectivity index (χ2n) is 4.74. The summed E-state index contributed by atoms with van der Waals surface area (Å²) in [5.74, 6) is -0.336. The van der Waals surface area contributed by atoms with E-state index in [9.17, 15) is 13.2 Å². The van der Waals surface area contributed by atoms with E-state index in [4.69, 9.17) is 9.88 Å². The number of sulfonamides is 1. The minimum atomic E-state index is -3.82. The lowest BCUT2D eigenvalue weighted by Gasteiger charge is -2.09. The fourth-order valence-corrected chi connectivity index (χ4v) is 2.24. The normalized spacial score (nSPS) is 11.4. The van der Waals surface area contributed by atoms with Gasteiger partial charge in [0.2, 0.25) is 10.0 Å². The SMILES string of the molecule is CCCCOCCNC(=O)c1cc(S(N)(=O)=O)ccc1C. The summed E-state index contributed by atoms with van der Waals surface area (Å²) >= 11 is 0. The zero-order chi connectivity index (χ0) is 15.9. The van der Waals surface area contributed by atoms with Crippen molar-refractivity contribution in [1.82, 2.24) is 5.32 Å². The molecule has 0 aromatic heterocycles. The van der Waals surface area contributed by atoms with Gasteiger partial charge < -0.3 is 10.1 Å². The summed E-state index contributed by atoms with van der Waals surface area (Å²) in [6.45, 7) is 5.29. The Morgan fingerprint density at radius 1 is 1.33 bits per heavy atom. The molecule has 21 heavy (non-hydrogen) atoms. The van der Waals surface area contributed by atoms with Crippen molar-refractivity contribution in [2.75, 3.05) is 19.8 Å². The number of nitrogens with one attached hydrogen (secondary N) is 1. The lowest BCUT2D eigenvalue weighted by Crippen LogP contribution is -2.28. The van der Waals surface area contributed by atoms with E-state index in [0.717, 1.165) is 12.8 Å². The predicted octanol–water partition coefficient (Wildman–Crippen LogP) is 1.19. The highest BCUT2D eigenvalue weighted by Gasteiger charge is 2.14. The Bertz CT molecular complexity index is 585. The zero-order valence-corrected chi connectivity index (χ0v) is 13.2. The third-order valence-electron chi connectivity index (χ3n) is 2.96. The number of nitrogens with two attached hydrogens (primary N) is 1. The van der Waals surface area contributed by atoms with Gasteiger partial charge in [-0.25, -0.2) is 13.6 Å². The second-order valence-corrected chi connectivity index (χ2v) is 6.30. The van der Waals surface area contributed by atoms with E-state index >= 15 is 0 Å². The maximum Gasteiger partial charge on any atom is 0.251 e. The maximum absolute atomic E-state index is 12.0. The molecule has 1 aromatic carbocycles. The quantitative estimate of drug-likeness (QED) is 0.704. The van der Waals surface area contributed by atoms with E-state index in [1.807, 2.05) is 0 Å². The van der Waals surface area contributed by atoms with Crippen LogP contribution in [0.1, 0.15) is 35.7 Å². The van der Waals surface area contributed by atoms with E-state index in [1.54, 1.807) is 13.0 Å². The third kappa shape index (κ3) is 5.82. The molecule has 3 N–H and O–H groups in total. The molecule has 0 aliphatic carbocycles. The molecule has 0 aliphatic heterocycles. The van der Waals surface area contributed by atoms with E-state index in [-0.39, 0.29) is 10.8 Å². The number of rotatable bonds is 8. The van der Waals surface area contributed by atoms with Crippen molar-refractivity contribution in [3.63, 3.8) is 0 Å². The van der Waals surface area contributed by atoms with Crippen LogP contribution in [0, 0.1) is 6.92 Å². The van der Waals surface area contributed by atoms with E-state index in [0.29, 0.717) is 30.9 Å². The average molecular weight is 314 g/mol. The van der Waals surface area contributed by atoms with E-state index < -0.39 is 10.0 Å². The molecule has 0 fully saturated rings. The van der Waals surface area contributed by atoms with Crippen LogP contribution in [-0.4, -0.2) is 34.1 Å². The monoisotopic (exact) mass is 314 g/mol. The van der Waals surface area contributed by atoms with Gasteiger partial charge in [0.1, 0.15) is 0 Å². The Kier molecular flexibility index (Phi) is 6.80. The van der Waals surface area contributed by atoms with Crippen LogP contribution in [0.2, 0.25) is 0 Å².